The number of para-hydroxylation sites is 1. The van der Waals surface area contributed by atoms with Gasteiger partial charge in [-0.3, -0.25) is 4.98 Å². The number of aromatic nitrogens is 1. The average Bonchev–Trinajstić information content (AvgIpc) is 3.08. The number of nitrogens with one attached hydrogen (secondary N) is 1. The van der Waals surface area contributed by atoms with Gasteiger partial charge in [0.15, 0.2) is 0 Å². The summed E-state index contributed by atoms with van der Waals surface area (Å²) in [6.07, 6.45) is 6.14. The van der Waals surface area contributed by atoms with Crippen LogP contribution in [0.4, 0.5) is 0 Å². The van der Waals surface area contributed by atoms with E-state index in [1.54, 1.807) is 0 Å². The van der Waals surface area contributed by atoms with Gasteiger partial charge in [0.25, 0.3) is 0 Å². The zero-order valence-electron chi connectivity index (χ0n) is 15.8. The molecule has 4 rings (SSSR count). The van der Waals surface area contributed by atoms with Crippen LogP contribution in [0, 0.1) is 0 Å². The molecule has 1 aromatic carbocycles. The predicted octanol–water partition coefficient (Wildman–Crippen LogP) is 3.34. The first-order valence-corrected chi connectivity index (χ1v) is 9.52. The number of pyridine rings is 1. The van der Waals surface area contributed by atoms with Gasteiger partial charge in [-0.25, -0.2) is 5.01 Å². The molecule has 5 nitrogen and oxygen atoms in total. The summed E-state index contributed by atoms with van der Waals surface area (Å²) in [5.74, 6) is 0.937. The summed E-state index contributed by atoms with van der Waals surface area (Å²) in [5, 5.41) is 2.14. The molecule has 0 amide bonds. The van der Waals surface area contributed by atoms with E-state index in [9.17, 15) is 0 Å². The van der Waals surface area contributed by atoms with Crippen LogP contribution in [-0.4, -0.2) is 41.6 Å². The van der Waals surface area contributed by atoms with Crippen molar-refractivity contribution in [3.8, 4) is 5.75 Å². The van der Waals surface area contributed by atoms with Crippen LogP contribution in [0.2, 0.25) is 0 Å². The summed E-state index contributed by atoms with van der Waals surface area (Å²) in [7, 11) is 2.09. The largest absolute Gasteiger partial charge is 0.494 e. The van der Waals surface area contributed by atoms with Gasteiger partial charge in [-0.2, -0.15) is 0 Å². The molecule has 5 heteroatoms. The van der Waals surface area contributed by atoms with Crippen LogP contribution >= 0.6 is 0 Å². The van der Waals surface area contributed by atoms with Gasteiger partial charge >= 0.3 is 0 Å². The van der Waals surface area contributed by atoms with E-state index in [1.165, 1.54) is 17.0 Å². The van der Waals surface area contributed by atoms with Crippen molar-refractivity contribution in [3.05, 3.63) is 83.5 Å². The van der Waals surface area contributed by atoms with Gasteiger partial charge in [0.05, 0.1) is 24.5 Å². The Hall–Kier alpha value is -2.79. The lowest BCUT2D eigenvalue weighted by molar-refractivity contribution is 0.291. The average molecular weight is 362 g/mol. The van der Waals surface area contributed by atoms with E-state index in [2.05, 4.69) is 45.6 Å². The number of hydrogen-bond acceptors (Lipinski definition) is 5. The van der Waals surface area contributed by atoms with Crippen molar-refractivity contribution >= 4 is 0 Å². The summed E-state index contributed by atoms with van der Waals surface area (Å²) < 4.78 is 5.89. The van der Waals surface area contributed by atoms with E-state index in [-0.39, 0.29) is 0 Å². The molecule has 1 saturated heterocycles. The highest BCUT2D eigenvalue weighted by Gasteiger charge is 2.27. The van der Waals surface area contributed by atoms with Crippen LogP contribution in [0.5, 0.6) is 5.75 Å². The minimum absolute atomic E-state index is 0.723. The summed E-state index contributed by atoms with van der Waals surface area (Å²) in [5.41, 5.74) is 8.62. The second-order valence-corrected chi connectivity index (χ2v) is 6.98. The first kappa shape index (κ1) is 17.6. The molecule has 1 fully saturated rings. The van der Waals surface area contributed by atoms with Crippen molar-refractivity contribution in [1.82, 2.24) is 20.3 Å². The number of likely N-dealkylation sites (N-methyl/N-ethyl adjacent to an activating group) is 1. The van der Waals surface area contributed by atoms with Crippen LogP contribution in [-0.2, 0) is 6.54 Å². The van der Waals surface area contributed by atoms with Gasteiger partial charge in [0, 0.05) is 37.6 Å². The molecule has 2 aromatic rings. The molecule has 2 aliphatic heterocycles. The molecule has 0 spiro atoms. The van der Waals surface area contributed by atoms with Crippen molar-refractivity contribution in [2.24, 2.45) is 0 Å². The highest BCUT2D eigenvalue weighted by atomic mass is 16.5. The molecule has 0 saturated carbocycles. The lowest BCUT2D eigenvalue weighted by atomic mass is 10.0. The maximum atomic E-state index is 5.89. The number of benzene rings is 1. The van der Waals surface area contributed by atoms with E-state index < -0.39 is 0 Å². The van der Waals surface area contributed by atoms with Gasteiger partial charge in [0.1, 0.15) is 5.75 Å². The third kappa shape index (κ3) is 4.31. The van der Waals surface area contributed by atoms with Crippen LogP contribution in [0.1, 0.15) is 18.5 Å². The molecular weight excluding hydrogens is 336 g/mol. The smallest absolute Gasteiger partial charge is 0.119 e. The fourth-order valence-corrected chi connectivity index (χ4v) is 3.66. The quantitative estimate of drug-likeness (QED) is 0.765. The minimum Gasteiger partial charge on any atom is -0.494 e. The molecule has 140 valence electrons. The van der Waals surface area contributed by atoms with Gasteiger partial charge in [-0.15, -0.1) is 0 Å². The second kappa shape index (κ2) is 8.27. The molecule has 27 heavy (non-hydrogen) atoms. The molecule has 0 unspecified atom stereocenters. The third-order valence-corrected chi connectivity index (χ3v) is 4.93. The van der Waals surface area contributed by atoms with Crippen molar-refractivity contribution in [1.29, 1.82) is 0 Å². The number of rotatable bonds is 7. The fraction of sp³-hybridized carbons (Fsp3) is 0.318. The molecular formula is C22H26N4O. The number of hydrogen-bond donors (Lipinski definition) is 1. The van der Waals surface area contributed by atoms with Crippen LogP contribution < -0.4 is 10.2 Å². The van der Waals surface area contributed by atoms with Gasteiger partial charge in [0.2, 0.25) is 0 Å². The van der Waals surface area contributed by atoms with E-state index in [0.717, 1.165) is 50.5 Å². The molecule has 0 aliphatic carbocycles. The van der Waals surface area contributed by atoms with Crippen molar-refractivity contribution in [2.45, 2.75) is 19.4 Å². The maximum absolute atomic E-state index is 5.89. The Labute approximate surface area is 160 Å². The monoisotopic (exact) mass is 362 g/mol. The number of nitrogens with zero attached hydrogens (tertiary/aromatic N) is 3. The molecule has 0 atom stereocenters. The standard InChI is InChI=1S/C22H26N4O/c1-25-17-20-21(24-25)12-14-26(16-18-8-5-6-13-23-18)22(20)11-7-15-27-19-9-3-2-4-10-19/h2-6,8-10,12-13,24H,7,11,14-17H2,1H3. The van der Waals surface area contributed by atoms with Crippen LogP contribution in [0.15, 0.2) is 77.8 Å². The Balaban J connectivity index is 1.44. The van der Waals surface area contributed by atoms with Crippen molar-refractivity contribution in [2.75, 3.05) is 26.7 Å². The molecule has 1 aromatic heterocycles. The fourth-order valence-electron chi connectivity index (χ4n) is 3.66. The highest BCUT2D eigenvalue weighted by molar-refractivity contribution is 5.41. The normalized spacial score (nSPS) is 16.8. The van der Waals surface area contributed by atoms with Gasteiger partial charge in [-0.05, 0) is 43.2 Å². The van der Waals surface area contributed by atoms with Crippen molar-refractivity contribution in [3.63, 3.8) is 0 Å². The maximum Gasteiger partial charge on any atom is 0.119 e. The Kier molecular flexibility index (Phi) is 5.39. The van der Waals surface area contributed by atoms with E-state index in [0.29, 0.717) is 0 Å². The predicted molar refractivity (Wildman–Crippen MR) is 107 cm³/mol. The SMILES string of the molecule is CN1CC2=C(CCCOc3ccccc3)N(Cc3ccccn3)CC=C2N1. The summed E-state index contributed by atoms with van der Waals surface area (Å²) >= 11 is 0. The molecule has 0 bridgehead atoms. The van der Waals surface area contributed by atoms with Crippen LogP contribution in [0.25, 0.3) is 0 Å². The van der Waals surface area contributed by atoms with E-state index in [4.69, 9.17) is 4.74 Å². The number of ether oxygens (including phenoxy) is 1. The van der Waals surface area contributed by atoms with Gasteiger partial charge in [-0.1, -0.05) is 24.3 Å². The lowest BCUT2D eigenvalue weighted by Crippen LogP contribution is -2.29. The highest BCUT2D eigenvalue weighted by Crippen LogP contribution is 2.30. The number of fused-ring (bicyclic) bond motifs is 1. The Bertz CT molecular complexity index is 817. The first-order valence-electron chi connectivity index (χ1n) is 9.52. The molecule has 3 heterocycles. The third-order valence-electron chi connectivity index (χ3n) is 4.93. The topological polar surface area (TPSA) is 40.6 Å². The Morgan fingerprint density at radius 3 is 2.78 bits per heavy atom. The van der Waals surface area contributed by atoms with Crippen molar-refractivity contribution < 1.29 is 4.74 Å². The molecule has 2 aliphatic rings. The Morgan fingerprint density at radius 2 is 1.96 bits per heavy atom. The zero-order chi connectivity index (χ0) is 18.5. The second-order valence-electron chi connectivity index (χ2n) is 6.98. The first-order chi connectivity index (χ1) is 13.3. The van der Waals surface area contributed by atoms with Crippen LogP contribution in [0.3, 0.4) is 0 Å². The van der Waals surface area contributed by atoms with E-state index in [1.807, 2.05) is 42.6 Å². The number of hydrazine groups is 1. The Morgan fingerprint density at radius 1 is 1.11 bits per heavy atom. The molecule has 1 N–H and O–H groups in total. The molecule has 0 radical (unpaired) electrons. The van der Waals surface area contributed by atoms with E-state index >= 15 is 0 Å². The summed E-state index contributed by atoms with van der Waals surface area (Å²) in [6.45, 7) is 3.40. The van der Waals surface area contributed by atoms with Gasteiger partial charge < -0.3 is 15.1 Å². The minimum atomic E-state index is 0.723. The summed E-state index contributed by atoms with van der Waals surface area (Å²) in [4.78, 5) is 6.96. The zero-order valence-corrected chi connectivity index (χ0v) is 15.8. The summed E-state index contributed by atoms with van der Waals surface area (Å²) in [6, 6.07) is 16.2. The number of allylic oxidation sites excluding steroid dienone is 1. The lowest BCUT2D eigenvalue weighted by Gasteiger charge is -2.31.